The summed E-state index contributed by atoms with van der Waals surface area (Å²) in [6.45, 7) is 1.50. The monoisotopic (exact) mass is 280 g/mol. The van der Waals surface area contributed by atoms with Gasteiger partial charge in [0, 0.05) is 6.20 Å². The minimum absolute atomic E-state index is 0.328. The summed E-state index contributed by atoms with van der Waals surface area (Å²) in [7, 11) is 0. The summed E-state index contributed by atoms with van der Waals surface area (Å²) in [5, 5.41) is 30.2. The van der Waals surface area contributed by atoms with Crippen LogP contribution >= 0.6 is 0 Å². The van der Waals surface area contributed by atoms with Crippen LogP contribution in [0.4, 0.5) is 5.82 Å². The van der Waals surface area contributed by atoms with E-state index in [1.165, 1.54) is 13.3 Å². The summed E-state index contributed by atoms with van der Waals surface area (Å²) in [6.07, 6.45) is -1.95. The number of aliphatic hydroxyl groups excluding tert-OH is 3. The molecule has 108 valence electrons. The first-order valence-electron chi connectivity index (χ1n) is 6.27. The van der Waals surface area contributed by atoms with Crippen molar-refractivity contribution in [3.63, 3.8) is 0 Å². The maximum Gasteiger partial charge on any atom is 0.164 e. The Labute approximate surface area is 114 Å². The average molecular weight is 280 g/mol. The third kappa shape index (κ3) is 1.85. The van der Waals surface area contributed by atoms with E-state index in [1.807, 2.05) is 0 Å². The molecule has 5 atom stereocenters. The van der Waals surface area contributed by atoms with Gasteiger partial charge in [-0.05, 0) is 13.0 Å². The second-order valence-electron chi connectivity index (χ2n) is 4.93. The van der Waals surface area contributed by atoms with Crippen LogP contribution in [0.3, 0.4) is 0 Å². The van der Waals surface area contributed by atoms with E-state index >= 15 is 0 Å². The molecule has 2 aromatic heterocycles. The van der Waals surface area contributed by atoms with Crippen LogP contribution in [0.5, 0.6) is 0 Å². The van der Waals surface area contributed by atoms with Crippen LogP contribution in [0.25, 0.3) is 11.0 Å². The molecule has 1 aliphatic rings. The van der Waals surface area contributed by atoms with Crippen molar-refractivity contribution >= 4 is 16.9 Å². The molecule has 0 radical (unpaired) electrons. The topological polar surface area (TPSA) is 127 Å². The first-order chi connectivity index (χ1) is 9.50. The largest absolute Gasteiger partial charge is 0.391 e. The number of hydrogen-bond donors (Lipinski definition) is 4. The Balaban J connectivity index is 2.02. The Bertz CT molecular complexity index is 629. The highest BCUT2D eigenvalue weighted by molar-refractivity contribution is 5.86. The van der Waals surface area contributed by atoms with Crippen molar-refractivity contribution in [3.8, 4) is 0 Å². The van der Waals surface area contributed by atoms with Gasteiger partial charge in [-0.1, -0.05) is 0 Å². The van der Waals surface area contributed by atoms with Crippen LogP contribution < -0.4 is 5.73 Å². The van der Waals surface area contributed by atoms with Crippen LogP contribution in [0.15, 0.2) is 18.6 Å². The first-order valence-corrected chi connectivity index (χ1v) is 6.27. The fraction of sp³-hybridized carbons (Fsp3) is 0.500. The Morgan fingerprint density at radius 1 is 1.35 bits per heavy atom. The van der Waals surface area contributed by atoms with Gasteiger partial charge in [0.1, 0.15) is 36.1 Å². The molecule has 0 aromatic carbocycles. The third-order valence-electron chi connectivity index (χ3n) is 3.56. The first kappa shape index (κ1) is 13.3. The fourth-order valence-corrected chi connectivity index (χ4v) is 2.51. The van der Waals surface area contributed by atoms with Crippen molar-refractivity contribution in [1.29, 1.82) is 0 Å². The van der Waals surface area contributed by atoms with Crippen molar-refractivity contribution in [2.45, 2.75) is 37.6 Å². The van der Waals surface area contributed by atoms with E-state index in [0.717, 1.165) is 0 Å². The minimum atomic E-state index is -1.17. The second kappa shape index (κ2) is 4.67. The van der Waals surface area contributed by atoms with Crippen molar-refractivity contribution in [2.75, 3.05) is 5.73 Å². The molecular weight excluding hydrogens is 264 g/mol. The quantitative estimate of drug-likeness (QED) is 0.556. The molecule has 8 nitrogen and oxygen atoms in total. The number of aliphatic hydroxyl groups is 3. The highest BCUT2D eigenvalue weighted by Crippen LogP contribution is 2.33. The van der Waals surface area contributed by atoms with Crippen molar-refractivity contribution < 1.29 is 20.1 Å². The number of aromatic nitrogens is 3. The van der Waals surface area contributed by atoms with Crippen molar-refractivity contribution in [3.05, 3.63) is 18.6 Å². The number of nitrogen functional groups attached to an aromatic ring is 1. The second-order valence-corrected chi connectivity index (χ2v) is 4.93. The highest BCUT2D eigenvalue weighted by atomic mass is 16.6. The molecule has 0 spiro atoms. The lowest BCUT2D eigenvalue weighted by Crippen LogP contribution is -2.37. The number of nitrogens with two attached hydrogens (primary N) is 1. The SMILES string of the molecule is CC(O)C1OC(n2ccc3c(N)ncnc32)C(O)C1O. The van der Waals surface area contributed by atoms with Crippen molar-refractivity contribution in [2.24, 2.45) is 0 Å². The molecule has 1 saturated heterocycles. The van der Waals surface area contributed by atoms with E-state index < -0.39 is 30.6 Å². The summed E-state index contributed by atoms with van der Waals surface area (Å²) in [5.41, 5.74) is 6.25. The van der Waals surface area contributed by atoms with Crippen LogP contribution in [0, 0.1) is 0 Å². The molecule has 5 unspecified atom stereocenters. The van der Waals surface area contributed by atoms with Crippen LogP contribution in [-0.2, 0) is 4.74 Å². The van der Waals surface area contributed by atoms with E-state index in [9.17, 15) is 15.3 Å². The molecule has 1 aliphatic heterocycles. The molecule has 8 heteroatoms. The molecule has 5 N–H and O–H groups in total. The molecule has 0 bridgehead atoms. The van der Waals surface area contributed by atoms with E-state index in [2.05, 4.69) is 9.97 Å². The molecule has 3 heterocycles. The molecule has 0 amide bonds. The number of hydrogen-bond acceptors (Lipinski definition) is 7. The zero-order valence-electron chi connectivity index (χ0n) is 10.8. The number of ether oxygens (including phenoxy) is 1. The van der Waals surface area contributed by atoms with Gasteiger partial charge in [-0.3, -0.25) is 0 Å². The lowest BCUT2D eigenvalue weighted by atomic mass is 10.1. The van der Waals surface area contributed by atoms with Gasteiger partial charge in [0.05, 0.1) is 11.5 Å². The molecule has 0 saturated carbocycles. The van der Waals surface area contributed by atoms with Gasteiger partial charge >= 0.3 is 0 Å². The molecule has 1 fully saturated rings. The van der Waals surface area contributed by atoms with Crippen LogP contribution in [0.1, 0.15) is 13.2 Å². The standard InChI is InChI=1S/C12H16N4O4/c1-5(17)9-7(18)8(19)12(20-9)16-3-2-6-10(13)14-4-15-11(6)16/h2-5,7-9,12,17-19H,1H3,(H2,13,14,15). The van der Waals surface area contributed by atoms with Gasteiger partial charge in [0.25, 0.3) is 0 Å². The maximum absolute atomic E-state index is 10.1. The lowest BCUT2D eigenvalue weighted by Gasteiger charge is -2.18. The number of rotatable bonds is 2. The van der Waals surface area contributed by atoms with Gasteiger partial charge in [0.15, 0.2) is 6.23 Å². The van der Waals surface area contributed by atoms with Gasteiger partial charge in [-0.15, -0.1) is 0 Å². The predicted octanol–water partition coefficient (Wildman–Crippen LogP) is -0.987. The fourth-order valence-electron chi connectivity index (χ4n) is 2.51. The van der Waals surface area contributed by atoms with E-state index in [1.54, 1.807) is 16.8 Å². The van der Waals surface area contributed by atoms with Gasteiger partial charge < -0.3 is 30.4 Å². The Morgan fingerprint density at radius 2 is 2.10 bits per heavy atom. The van der Waals surface area contributed by atoms with Crippen molar-refractivity contribution in [1.82, 2.24) is 14.5 Å². The number of fused-ring (bicyclic) bond motifs is 1. The van der Waals surface area contributed by atoms with Crippen LogP contribution in [0.2, 0.25) is 0 Å². The van der Waals surface area contributed by atoms with E-state index in [-0.39, 0.29) is 0 Å². The van der Waals surface area contributed by atoms with Gasteiger partial charge in [-0.25, -0.2) is 9.97 Å². The summed E-state index contributed by atoms with van der Waals surface area (Å²) in [4.78, 5) is 8.00. The predicted molar refractivity (Wildman–Crippen MR) is 69.5 cm³/mol. The molecule has 2 aromatic rings. The minimum Gasteiger partial charge on any atom is -0.391 e. The Hall–Kier alpha value is -1.74. The zero-order valence-corrected chi connectivity index (χ0v) is 10.8. The summed E-state index contributed by atoms with van der Waals surface area (Å²) in [6, 6.07) is 1.71. The summed E-state index contributed by atoms with van der Waals surface area (Å²) < 4.78 is 7.12. The highest BCUT2D eigenvalue weighted by Gasteiger charge is 2.46. The van der Waals surface area contributed by atoms with E-state index in [0.29, 0.717) is 16.9 Å². The normalized spacial score (nSPS) is 31.8. The Morgan fingerprint density at radius 3 is 2.75 bits per heavy atom. The third-order valence-corrected chi connectivity index (χ3v) is 3.56. The zero-order chi connectivity index (χ0) is 14.4. The number of nitrogens with zero attached hydrogens (tertiary/aromatic N) is 3. The van der Waals surface area contributed by atoms with Gasteiger partial charge in [0.2, 0.25) is 0 Å². The smallest absolute Gasteiger partial charge is 0.164 e. The maximum atomic E-state index is 10.1. The molecular formula is C12H16N4O4. The van der Waals surface area contributed by atoms with Crippen LogP contribution in [-0.4, -0.2) is 54.3 Å². The molecule has 3 rings (SSSR count). The van der Waals surface area contributed by atoms with E-state index in [4.69, 9.17) is 10.5 Å². The van der Waals surface area contributed by atoms with Gasteiger partial charge in [-0.2, -0.15) is 0 Å². The number of anilines is 1. The Kier molecular flexibility index (Phi) is 3.09. The summed E-state index contributed by atoms with van der Waals surface area (Å²) in [5.74, 6) is 0.328. The summed E-state index contributed by atoms with van der Waals surface area (Å²) >= 11 is 0. The average Bonchev–Trinajstić information content (AvgIpc) is 2.94. The lowest BCUT2D eigenvalue weighted by molar-refractivity contribution is -0.0775. The molecule has 0 aliphatic carbocycles. The molecule has 20 heavy (non-hydrogen) atoms.